The maximum absolute atomic E-state index is 2.31. The Hall–Kier alpha value is 1.29. The summed E-state index contributed by atoms with van der Waals surface area (Å²) in [4.78, 5) is 0. The molecule has 0 radical (unpaired) electrons. The van der Waals surface area contributed by atoms with Crippen molar-refractivity contribution in [2.45, 2.75) is 21.7 Å². The van der Waals surface area contributed by atoms with E-state index >= 15 is 0 Å². The third-order valence-electron chi connectivity index (χ3n) is 0.707. The number of hydrogen-bond acceptors (Lipinski definition) is 0. The molecule has 0 unspecified atom stereocenters. The van der Waals surface area contributed by atoms with Gasteiger partial charge in [0.15, 0.2) is 0 Å². The maximum Gasteiger partial charge on any atom is -0.197 e. The van der Waals surface area contributed by atoms with E-state index < -0.39 is 0 Å². The molecule has 0 aromatic carbocycles. The molecular formula is C4H12HgS. The number of rotatable bonds is 2. The average Bonchev–Trinajstić information content (AvgIpc) is 1.41. The van der Waals surface area contributed by atoms with Crippen LogP contribution in [0.15, 0.2) is 0 Å². The molecule has 0 nitrogen and oxygen atoms in total. The third kappa shape index (κ3) is 8.99. The standard InChI is InChI=1S/2C2H5.Hg.H2S/c2*1-2;;/h2*1H2,2H3;;1H2. The molecule has 0 aromatic heterocycles. The molecule has 0 N–H and O–H groups in total. The smallest absolute Gasteiger partial charge is 0.197 e. The summed E-state index contributed by atoms with van der Waals surface area (Å²) in [6, 6.07) is 0. The normalized spacial score (nSPS) is 5.67. The molecule has 0 amide bonds. The van der Waals surface area contributed by atoms with E-state index in [9.17, 15) is 0 Å². The van der Waals surface area contributed by atoms with Gasteiger partial charge in [-0.3, -0.25) is 0 Å². The molecule has 0 rings (SSSR count). The molecule has 0 aromatic rings. The van der Waals surface area contributed by atoms with Gasteiger partial charge in [-0.1, -0.05) is 0 Å². The molecular weight excluding hydrogens is 281 g/mol. The van der Waals surface area contributed by atoms with Crippen molar-refractivity contribution < 1.29 is 24.6 Å². The van der Waals surface area contributed by atoms with E-state index in [0.717, 1.165) is 0 Å². The van der Waals surface area contributed by atoms with Crippen molar-refractivity contribution in [3.63, 3.8) is 0 Å². The van der Waals surface area contributed by atoms with Gasteiger partial charge in [0, 0.05) is 0 Å². The summed E-state index contributed by atoms with van der Waals surface area (Å²) in [7, 11) is 0. The Morgan fingerprint density at radius 2 is 1.50 bits per heavy atom. The van der Waals surface area contributed by atoms with Gasteiger partial charge < -0.3 is 0 Å². The molecule has 0 atom stereocenters. The van der Waals surface area contributed by atoms with Crippen molar-refractivity contribution in [2.24, 2.45) is 0 Å². The van der Waals surface area contributed by atoms with Gasteiger partial charge in [0.2, 0.25) is 0 Å². The molecule has 36 valence electrons. The van der Waals surface area contributed by atoms with Crippen molar-refractivity contribution >= 4 is 13.5 Å². The van der Waals surface area contributed by atoms with Crippen LogP contribution in [0.25, 0.3) is 0 Å². The Kier molecular flexibility index (Phi) is 16.4. The summed E-state index contributed by atoms with van der Waals surface area (Å²) in [6.07, 6.45) is 0. The fourth-order valence-corrected chi connectivity index (χ4v) is 3.10. The van der Waals surface area contributed by atoms with E-state index in [1.54, 1.807) is 7.86 Å². The molecule has 6 heavy (non-hydrogen) atoms. The minimum absolute atomic E-state index is 0. The predicted molar refractivity (Wildman–Crippen MR) is 31.3 cm³/mol. The number of hydrogen-bond donors (Lipinski definition) is 0. The van der Waals surface area contributed by atoms with Crippen LogP contribution >= 0.6 is 13.5 Å². The summed E-state index contributed by atoms with van der Waals surface area (Å²) >= 11 is -0.142. The first-order valence-corrected chi connectivity index (χ1v) is 10.2. The third-order valence-corrected chi connectivity index (χ3v) is 6.20. The Morgan fingerprint density at radius 3 is 1.50 bits per heavy atom. The van der Waals surface area contributed by atoms with Gasteiger partial charge in [-0.05, 0) is 0 Å². The van der Waals surface area contributed by atoms with Crippen molar-refractivity contribution in [2.75, 3.05) is 0 Å². The van der Waals surface area contributed by atoms with E-state index in [1.165, 1.54) is 0 Å². The van der Waals surface area contributed by atoms with Gasteiger partial charge in [0.1, 0.15) is 0 Å². The van der Waals surface area contributed by atoms with Gasteiger partial charge in [-0.25, -0.2) is 0 Å². The van der Waals surface area contributed by atoms with Crippen LogP contribution in [0.5, 0.6) is 0 Å². The minimum atomic E-state index is -0.142. The molecule has 0 aliphatic rings. The van der Waals surface area contributed by atoms with Gasteiger partial charge >= 0.3 is 46.3 Å². The van der Waals surface area contributed by atoms with Gasteiger partial charge in [-0.15, -0.1) is 0 Å². The minimum Gasteiger partial charge on any atom is -0.197 e. The van der Waals surface area contributed by atoms with E-state index in [2.05, 4.69) is 13.8 Å². The van der Waals surface area contributed by atoms with Gasteiger partial charge in [0.05, 0.1) is 0 Å². The van der Waals surface area contributed by atoms with Crippen molar-refractivity contribution in [3.8, 4) is 0 Å². The predicted octanol–water partition coefficient (Wildman–Crippen LogP) is 2.06. The van der Waals surface area contributed by atoms with E-state index in [0.29, 0.717) is 0 Å². The van der Waals surface area contributed by atoms with Crippen LogP contribution in [-0.4, -0.2) is 0 Å². The first-order chi connectivity index (χ1) is 2.41. The SMILES string of the molecule is C[CH2][Hg][CH2]C.S. The summed E-state index contributed by atoms with van der Waals surface area (Å²) in [6.45, 7) is 4.62. The van der Waals surface area contributed by atoms with Crippen LogP contribution < -0.4 is 0 Å². The topological polar surface area (TPSA) is 0 Å². The van der Waals surface area contributed by atoms with Crippen molar-refractivity contribution in [1.82, 2.24) is 0 Å². The van der Waals surface area contributed by atoms with Crippen LogP contribution in [0.2, 0.25) is 7.86 Å². The molecule has 0 heterocycles. The maximum atomic E-state index is 2.31. The Balaban J connectivity index is 0. The van der Waals surface area contributed by atoms with E-state index in [-0.39, 0.29) is 38.1 Å². The van der Waals surface area contributed by atoms with Crippen LogP contribution in [0, 0.1) is 0 Å². The first-order valence-electron chi connectivity index (χ1n) is 2.41. The molecule has 0 fully saturated rings. The summed E-state index contributed by atoms with van der Waals surface area (Å²) in [5.74, 6) is 0. The molecule has 0 saturated heterocycles. The fourth-order valence-electron chi connectivity index (χ4n) is 0.354. The zero-order valence-electron chi connectivity index (χ0n) is 4.62. The van der Waals surface area contributed by atoms with Gasteiger partial charge in [-0.2, -0.15) is 13.5 Å². The summed E-state index contributed by atoms with van der Waals surface area (Å²) in [5.41, 5.74) is 0. The molecule has 0 aliphatic heterocycles. The van der Waals surface area contributed by atoms with Gasteiger partial charge in [0.25, 0.3) is 0 Å². The summed E-state index contributed by atoms with van der Waals surface area (Å²) in [5, 5.41) is 0. The largest absolute Gasteiger partial charge is 0.197 e. The monoisotopic (exact) mass is 294 g/mol. The Bertz CT molecular complexity index is 15.0. The zero-order chi connectivity index (χ0) is 4.12. The fraction of sp³-hybridized carbons (Fsp3) is 1.00. The van der Waals surface area contributed by atoms with Crippen LogP contribution in [0.4, 0.5) is 0 Å². The second-order valence-electron chi connectivity index (χ2n) is 1.35. The second kappa shape index (κ2) is 9.56. The molecule has 0 saturated carbocycles. The molecule has 0 spiro atoms. The molecule has 0 bridgehead atoms. The van der Waals surface area contributed by atoms with Crippen LogP contribution in [0.1, 0.15) is 13.8 Å². The summed E-state index contributed by atoms with van der Waals surface area (Å²) < 4.78 is 3.13. The Labute approximate surface area is 59.6 Å². The van der Waals surface area contributed by atoms with E-state index in [1.807, 2.05) is 0 Å². The van der Waals surface area contributed by atoms with Crippen molar-refractivity contribution in [3.05, 3.63) is 0 Å². The second-order valence-corrected chi connectivity index (χ2v) is 11.9. The molecule has 0 aliphatic carbocycles. The van der Waals surface area contributed by atoms with E-state index in [4.69, 9.17) is 0 Å². The van der Waals surface area contributed by atoms with Crippen LogP contribution in [0.3, 0.4) is 0 Å². The zero-order valence-corrected chi connectivity index (χ0v) is 11.1. The van der Waals surface area contributed by atoms with Crippen molar-refractivity contribution in [1.29, 1.82) is 0 Å². The quantitative estimate of drug-likeness (QED) is 0.684. The average molecular weight is 293 g/mol. The first kappa shape index (κ1) is 10.3. The molecule has 2 heteroatoms. The van der Waals surface area contributed by atoms with Crippen LogP contribution in [-0.2, 0) is 24.6 Å². The Morgan fingerprint density at radius 1 is 1.17 bits per heavy atom.